The average molecular weight is 1470 g/mol. The minimum atomic E-state index is -0.638. The molecule has 16 bridgehead atoms. The predicted octanol–water partition coefficient (Wildman–Crippen LogP) is 24.1. The molecule has 1 aliphatic carbocycles. The van der Waals surface area contributed by atoms with Crippen molar-refractivity contribution in [1.82, 2.24) is 0 Å². The second kappa shape index (κ2) is 31.5. The van der Waals surface area contributed by atoms with Crippen molar-refractivity contribution in [3.05, 3.63) is 231 Å². The Bertz CT molecular complexity index is 4310. The first-order valence-electron chi connectivity index (χ1n) is 39.3. The Kier molecular flexibility index (Phi) is 24.5. The Morgan fingerprint density at radius 1 is 0.204 bits per heavy atom. The van der Waals surface area contributed by atoms with Crippen molar-refractivity contribution in [3.8, 4) is 46.0 Å². The van der Waals surface area contributed by atoms with Crippen molar-refractivity contribution in [3.63, 3.8) is 0 Å². The number of hydrogen-bond acceptors (Lipinski definition) is 9. The van der Waals surface area contributed by atoms with E-state index in [-0.39, 0.29) is 49.4 Å². The quantitative estimate of drug-likeness (QED) is 0.133. The smallest absolute Gasteiger partial charge is 0.128 e. The van der Waals surface area contributed by atoms with Gasteiger partial charge in [0.1, 0.15) is 52.1 Å². The molecule has 9 heteroatoms. The molecule has 9 rings (SSSR count). The van der Waals surface area contributed by atoms with Crippen LogP contribution in [0.3, 0.4) is 0 Å². The monoisotopic (exact) mass is 1470 g/mol. The third kappa shape index (κ3) is 18.4. The normalized spacial score (nSPS) is 14.0. The lowest BCUT2D eigenvalue weighted by Gasteiger charge is -2.31. The van der Waals surface area contributed by atoms with Crippen molar-refractivity contribution in [2.24, 2.45) is 0 Å². The Labute approximate surface area is 652 Å². The summed E-state index contributed by atoms with van der Waals surface area (Å²) in [5.74, 6) is 6.57. The molecule has 0 heterocycles. The molecular formula is C99H134O9. The van der Waals surface area contributed by atoms with Gasteiger partial charge in [0, 0.05) is 56.1 Å². The largest absolute Gasteiger partial charge is 0.496 e. The lowest BCUT2D eigenvalue weighted by Crippen LogP contribution is -2.20. The topological polar surface area (TPSA) is 83.1 Å². The number of hydrogen-bond donors (Lipinski definition) is 0. The summed E-state index contributed by atoms with van der Waals surface area (Å²) < 4.78 is 62.2. The number of rotatable bonds is 10. The molecule has 0 unspecified atom stereocenters. The van der Waals surface area contributed by atoms with Crippen LogP contribution < -0.4 is 37.9 Å². The molecule has 0 aromatic heterocycles. The van der Waals surface area contributed by atoms with E-state index in [0.717, 1.165) is 146 Å². The van der Waals surface area contributed by atoms with Gasteiger partial charge < -0.3 is 42.6 Å². The second-order valence-electron chi connectivity index (χ2n) is 39.3. The molecule has 0 spiro atoms. The molecule has 584 valence electrons. The molecule has 0 amide bonds. The van der Waals surface area contributed by atoms with Crippen LogP contribution in [0.5, 0.6) is 46.0 Å². The van der Waals surface area contributed by atoms with E-state index in [1.807, 2.05) is 56.9 Å². The molecule has 108 heavy (non-hydrogen) atoms. The minimum Gasteiger partial charge on any atom is -0.496 e. The molecule has 0 aliphatic heterocycles. The van der Waals surface area contributed by atoms with Crippen molar-refractivity contribution >= 4 is 0 Å². The Morgan fingerprint density at radius 2 is 0.324 bits per heavy atom. The Morgan fingerprint density at radius 3 is 0.435 bits per heavy atom. The second-order valence-corrected chi connectivity index (χ2v) is 39.3. The highest BCUT2D eigenvalue weighted by atomic mass is 16.5. The molecule has 0 atom stereocenters. The van der Waals surface area contributed by atoms with E-state index < -0.39 is 6.10 Å². The SMILES string of the molecule is COc1c2cc(C(C)(C)C)cc1Cc1cc(C(C)(C)C)cc(c1OC)Cc1cc(C(C)(C)C)cc(c1OC)Cc1cc(C(C)(C)C)cc(c1OC)C(OC(C)C)c1cc(C(C)(C)C)cc(c1OC)Cc1cc(C(C)(C)C)cc(c1OC)Cc1cc(C(C)(C)C)cc(c1OC)Cc1cc(C(C)(C)C)cc(c1OC)C2. The molecule has 1 aliphatic rings. The zero-order valence-electron chi connectivity index (χ0n) is 73.0. The summed E-state index contributed by atoms with van der Waals surface area (Å²) in [5, 5.41) is 0. The molecule has 8 aromatic rings. The van der Waals surface area contributed by atoms with Crippen LogP contribution in [0.15, 0.2) is 97.1 Å². The molecular weight excluding hydrogens is 1330 g/mol. The fourth-order valence-corrected chi connectivity index (χ4v) is 15.7. The molecule has 0 N–H and O–H groups in total. The highest BCUT2D eigenvalue weighted by Gasteiger charge is 2.36. The predicted molar refractivity (Wildman–Crippen MR) is 451 cm³/mol. The summed E-state index contributed by atoms with van der Waals surface area (Å²) in [5.41, 5.74) is 24.5. The summed E-state index contributed by atoms with van der Waals surface area (Å²) in [7, 11) is 14.6. The van der Waals surface area contributed by atoms with E-state index >= 15 is 0 Å². The van der Waals surface area contributed by atoms with Crippen LogP contribution in [-0.2, 0) is 93.0 Å². The molecule has 0 fully saturated rings. The Hall–Kier alpha value is -7.88. The van der Waals surface area contributed by atoms with Gasteiger partial charge in [0.05, 0.1) is 63.0 Å². The fourth-order valence-electron chi connectivity index (χ4n) is 15.7. The van der Waals surface area contributed by atoms with Crippen molar-refractivity contribution in [1.29, 1.82) is 0 Å². The van der Waals surface area contributed by atoms with E-state index in [9.17, 15) is 0 Å². The summed E-state index contributed by atoms with van der Waals surface area (Å²) >= 11 is 0. The number of methoxy groups -OCH3 is 8. The van der Waals surface area contributed by atoms with E-state index in [0.29, 0.717) is 44.9 Å². The maximum atomic E-state index is 7.47. The lowest BCUT2D eigenvalue weighted by atomic mass is 9.79. The number of benzene rings is 8. The van der Waals surface area contributed by atoms with Crippen LogP contribution in [0.4, 0.5) is 0 Å². The third-order valence-corrected chi connectivity index (χ3v) is 22.0. The maximum Gasteiger partial charge on any atom is 0.128 e. The number of ether oxygens (including phenoxy) is 9. The zero-order valence-corrected chi connectivity index (χ0v) is 73.0. The molecule has 0 saturated heterocycles. The third-order valence-electron chi connectivity index (χ3n) is 22.0. The van der Waals surface area contributed by atoms with Gasteiger partial charge in [-0.05, 0) is 192 Å². The fraction of sp³-hybridized carbons (Fsp3) is 0.515. The van der Waals surface area contributed by atoms with Crippen LogP contribution in [0.1, 0.15) is 320 Å². The van der Waals surface area contributed by atoms with Gasteiger partial charge in [-0.15, -0.1) is 0 Å². The van der Waals surface area contributed by atoms with Gasteiger partial charge in [0.25, 0.3) is 0 Å². The van der Waals surface area contributed by atoms with Crippen molar-refractivity contribution in [2.45, 2.75) is 280 Å². The van der Waals surface area contributed by atoms with E-state index in [1.165, 1.54) is 33.4 Å². The van der Waals surface area contributed by atoms with Gasteiger partial charge in [0.15, 0.2) is 0 Å². The van der Waals surface area contributed by atoms with Crippen LogP contribution in [0, 0.1) is 0 Å². The number of fused-ring (bicyclic) bond motifs is 16. The lowest BCUT2D eigenvalue weighted by molar-refractivity contribution is 0.0276. The zero-order chi connectivity index (χ0) is 80.3. The van der Waals surface area contributed by atoms with E-state index in [1.54, 1.807) is 0 Å². The summed E-state index contributed by atoms with van der Waals surface area (Å²) in [6.07, 6.45) is 2.91. The van der Waals surface area contributed by atoms with Gasteiger partial charge in [-0.3, -0.25) is 0 Å². The summed E-state index contributed by atoms with van der Waals surface area (Å²) in [6, 6.07) is 37.8. The van der Waals surface area contributed by atoms with Crippen molar-refractivity contribution < 1.29 is 42.6 Å². The van der Waals surface area contributed by atoms with E-state index in [2.05, 4.69) is 277 Å². The summed E-state index contributed by atoms with van der Waals surface area (Å²) in [6.45, 7) is 59.5. The first kappa shape index (κ1) is 84.1. The first-order valence-corrected chi connectivity index (χ1v) is 39.3. The first-order chi connectivity index (χ1) is 50.0. The maximum absolute atomic E-state index is 7.47. The minimum absolute atomic E-state index is 0.202. The van der Waals surface area contributed by atoms with Gasteiger partial charge in [-0.25, -0.2) is 0 Å². The highest BCUT2D eigenvalue weighted by molar-refractivity contribution is 5.64. The van der Waals surface area contributed by atoms with Gasteiger partial charge >= 0.3 is 0 Å². The summed E-state index contributed by atoms with van der Waals surface area (Å²) in [4.78, 5) is 0. The van der Waals surface area contributed by atoms with Crippen LogP contribution in [0.2, 0.25) is 0 Å². The molecule has 0 radical (unpaired) electrons. The standard InChI is InChI=1S/C99H134O9/c1-58(2)108-91-81-56-79(98(21,22)23)54-71(89(81)106-33)40-69-52-77(96(15,16)17)50-67(87(69)104-31)38-65-48-75(94(9,10)11)46-63(85(65)102-29)36-61-44-73(92(3,4)5)42-59(83(61)100-27)35-60-43-74(93(6,7)8)45-62(84(60)101-28)37-64-47-76(95(12,13)14)49-66(86(64)103-30)39-68-51-78(97(18,19)20)53-70(88(68)105-32)41-72-55-80(99(24,25)26)57-82(91)90(72)107-34/h42-58,91H,35-41H2,1-34H3. The molecule has 0 saturated carbocycles. The van der Waals surface area contributed by atoms with Crippen molar-refractivity contribution in [2.75, 3.05) is 56.9 Å². The van der Waals surface area contributed by atoms with Crippen LogP contribution >= 0.6 is 0 Å². The van der Waals surface area contributed by atoms with Gasteiger partial charge in [0.2, 0.25) is 0 Å². The van der Waals surface area contributed by atoms with Gasteiger partial charge in [-0.1, -0.05) is 251 Å². The molecule has 8 aromatic carbocycles. The molecule has 9 nitrogen and oxygen atoms in total. The van der Waals surface area contributed by atoms with E-state index in [4.69, 9.17) is 42.6 Å². The van der Waals surface area contributed by atoms with Crippen LogP contribution in [-0.4, -0.2) is 63.0 Å². The van der Waals surface area contributed by atoms with Gasteiger partial charge in [-0.2, -0.15) is 0 Å². The highest BCUT2D eigenvalue weighted by Crippen LogP contribution is 2.50. The Balaban J connectivity index is 1.45. The average Bonchev–Trinajstić information content (AvgIpc) is 0.762. The van der Waals surface area contributed by atoms with Crippen LogP contribution in [0.25, 0.3) is 0 Å².